The van der Waals surface area contributed by atoms with Crippen LogP contribution in [0.3, 0.4) is 0 Å². The van der Waals surface area contributed by atoms with Gasteiger partial charge in [0.25, 0.3) is 0 Å². The van der Waals surface area contributed by atoms with Crippen LogP contribution in [0.15, 0.2) is 36.4 Å². The van der Waals surface area contributed by atoms with Crippen molar-refractivity contribution in [3.05, 3.63) is 36.4 Å². The number of hydrogen-bond acceptors (Lipinski definition) is 4. The minimum Gasteiger partial charge on any atom is -0.497 e. The Morgan fingerprint density at radius 1 is 1.11 bits per heavy atom. The molecule has 1 saturated heterocycles. The summed E-state index contributed by atoms with van der Waals surface area (Å²) in [5.41, 5.74) is 6.72. The lowest BCUT2D eigenvalue weighted by atomic mass is 10.2. The van der Waals surface area contributed by atoms with Crippen molar-refractivity contribution < 1.29 is 4.74 Å². The van der Waals surface area contributed by atoms with Crippen molar-refractivity contribution in [3.8, 4) is 5.75 Å². The number of nitrogens with zero attached hydrogens (tertiary/aromatic N) is 2. The monoisotopic (exact) mass is 261 g/mol. The summed E-state index contributed by atoms with van der Waals surface area (Å²) in [6.07, 6.45) is 4.18. The summed E-state index contributed by atoms with van der Waals surface area (Å²) >= 11 is 0. The highest BCUT2D eigenvalue weighted by Gasteiger charge is 2.15. The van der Waals surface area contributed by atoms with Gasteiger partial charge in [-0.15, -0.1) is 0 Å². The number of ether oxygens (including phenoxy) is 1. The lowest BCUT2D eigenvalue weighted by molar-refractivity contribution is 0.284. The Morgan fingerprint density at radius 3 is 2.37 bits per heavy atom. The van der Waals surface area contributed by atoms with Gasteiger partial charge in [-0.1, -0.05) is 12.2 Å². The second kappa shape index (κ2) is 7.16. The maximum Gasteiger partial charge on any atom is 0.119 e. The Hall–Kier alpha value is -1.52. The van der Waals surface area contributed by atoms with Crippen LogP contribution in [0.25, 0.3) is 0 Å². The van der Waals surface area contributed by atoms with E-state index in [0.29, 0.717) is 6.54 Å². The molecular weight excluding hydrogens is 238 g/mol. The van der Waals surface area contributed by atoms with Crippen LogP contribution < -0.4 is 15.4 Å². The molecule has 0 bridgehead atoms. The molecule has 0 saturated carbocycles. The van der Waals surface area contributed by atoms with Crippen molar-refractivity contribution in [3.63, 3.8) is 0 Å². The highest BCUT2D eigenvalue weighted by Crippen LogP contribution is 2.20. The lowest BCUT2D eigenvalue weighted by Gasteiger charge is -2.35. The standard InChI is InChI=1S/C15H23N3O/c1-19-15-6-4-14(5-7-15)18-12-10-17(11-13-18)9-3-2-8-16/h2-7H,8-13,16H2,1H3. The molecule has 4 heteroatoms. The number of hydrogen-bond donors (Lipinski definition) is 1. The first-order valence-corrected chi connectivity index (χ1v) is 6.80. The van der Waals surface area contributed by atoms with Gasteiger partial charge in [0.2, 0.25) is 0 Å². The van der Waals surface area contributed by atoms with Crippen molar-refractivity contribution >= 4 is 5.69 Å². The number of anilines is 1. The van der Waals surface area contributed by atoms with E-state index in [9.17, 15) is 0 Å². The Bertz CT molecular complexity index is 394. The zero-order chi connectivity index (χ0) is 13.5. The third-order valence-corrected chi connectivity index (χ3v) is 3.48. The summed E-state index contributed by atoms with van der Waals surface area (Å²) < 4.78 is 5.18. The normalized spacial score (nSPS) is 17.1. The summed E-state index contributed by atoms with van der Waals surface area (Å²) in [6.45, 7) is 5.98. The summed E-state index contributed by atoms with van der Waals surface area (Å²) in [5, 5.41) is 0. The largest absolute Gasteiger partial charge is 0.497 e. The Morgan fingerprint density at radius 2 is 1.79 bits per heavy atom. The van der Waals surface area contributed by atoms with Gasteiger partial charge in [-0.25, -0.2) is 0 Å². The Labute approximate surface area is 115 Å². The van der Waals surface area contributed by atoms with Crippen molar-refractivity contribution in [1.29, 1.82) is 0 Å². The van der Waals surface area contributed by atoms with E-state index in [4.69, 9.17) is 10.5 Å². The molecule has 0 unspecified atom stereocenters. The molecule has 0 aliphatic carbocycles. The van der Waals surface area contributed by atoms with Crippen LogP contribution >= 0.6 is 0 Å². The first kappa shape index (κ1) is 13.9. The molecule has 1 aliphatic rings. The molecule has 2 N–H and O–H groups in total. The molecule has 1 aliphatic heterocycles. The van der Waals surface area contributed by atoms with Gasteiger partial charge in [-0.3, -0.25) is 4.90 Å². The van der Waals surface area contributed by atoms with Gasteiger partial charge in [0, 0.05) is 45.0 Å². The number of rotatable bonds is 5. The second-order valence-corrected chi connectivity index (χ2v) is 4.69. The van der Waals surface area contributed by atoms with Crippen molar-refractivity contribution in [2.75, 3.05) is 51.3 Å². The summed E-state index contributed by atoms with van der Waals surface area (Å²) in [6, 6.07) is 8.29. The van der Waals surface area contributed by atoms with E-state index >= 15 is 0 Å². The quantitative estimate of drug-likeness (QED) is 0.812. The third kappa shape index (κ3) is 3.98. The van der Waals surface area contributed by atoms with Crippen LogP contribution in [0.5, 0.6) is 5.75 Å². The molecule has 2 rings (SSSR count). The average molecular weight is 261 g/mol. The van der Waals surface area contributed by atoms with Crippen LogP contribution in [0, 0.1) is 0 Å². The molecule has 0 aromatic heterocycles. The molecule has 1 fully saturated rings. The first-order valence-electron chi connectivity index (χ1n) is 6.80. The zero-order valence-electron chi connectivity index (χ0n) is 11.6. The summed E-state index contributed by atoms with van der Waals surface area (Å²) in [4.78, 5) is 4.87. The van der Waals surface area contributed by atoms with Gasteiger partial charge >= 0.3 is 0 Å². The van der Waals surface area contributed by atoms with Gasteiger partial charge in [-0.05, 0) is 24.3 Å². The lowest BCUT2D eigenvalue weighted by Crippen LogP contribution is -2.46. The third-order valence-electron chi connectivity index (χ3n) is 3.48. The molecule has 4 nitrogen and oxygen atoms in total. The Kier molecular flexibility index (Phi) is 5.24. The van der Waals surface area contributed by atoms with Crippen molar-refractivity contribution in [2.45, 2.75) is 0 Å². The van der Waals surface area contributed by atoms with Crippen molar-refractivity contribution in [1.82, 2.24) is 4.90 Å². The van der Waals surface area contributed by atoms with E-state index in [-0.39, 0.29) is 0 Å². The first-order chi connectivity index (χ1) is 9.33. The molecule has 1 aromatic rings. The molecule has 0 amide bonds. The highest BCUT2D eigenvalue weighted by atomic mass is 16.5. The SMILES string of the molecule is COc1ccc(N2CCN(CC=CCN)CC2)cc1. The van der Waals surface area contributed by atoms with Gasteiger partial charge in [0.05, 0.1) is 7.11 Å². The number of piperazine rings is 1. The molecule has 104 valence electrons. The fraction of sp³-hybridized carbons (Fsp3) is 0.467. The summed E-state index contributed by atoms with van der Waals surface area (Å²) in [7, 11) is 1.70. The fourth-order valence-corrected chi connectivity index (χ4v) is 2.30. The van der Waals surface area contributed by atoms with E-state index in [1.165, 1.54) is 5.69 Å². The van der Waals surface area contributed by atoms with Gasteiger partial charge in [-0.2, -0.15) is 0 Å². The van der Waals surface area contributed by atoms with Crippen LogP contribution in [0.2, 0.25) is 0 Å². The van der Waals surface area contributed by atoms with Crippen molar-refractivity contribution in [2.24, 2.45) is 5.73 Å². The molecule has 0 spiro atoms. The van der Waals surface area contributed by atoms with Crippen LogP contribution in [-0.4, -0.2) is 51.3 Å². The second-order valence-electron chi connectivity index (χ2n) is 4.69. The molecule has 19 heavy (non-hydrogen) atoms. The molecule has 0 atom stereocenters. The van der Waals surface area contributed by atoms with Crippen LogP contribution in [-0.2, 0) is 0 Å². The topological polar surface area (TPSA) is 41.7 Å². The number of benzene rings is 1. The van der Waals surface area contributed by atoms with Gasteiger partial charge in [0.1, 0.15) is 5.75 Å². The van der Waals surface area contributed by atoms with Gasteiger partial charge < -0.3 is 15.4 Å². The minimum atomic E-state index is 0.631. The predicted molar refractivity (Wildman–Crippen MR) is 79.8 cm³/mol. The summed E-state index contributed by atoms with van der Waals surface area (Å²) in [5.74, 6) is 0.911. The highest BCUT2D eigenvalue weighted by molar-refractivity contribution is 5.49. The van der Waals surface area contributed by atoms with E-state index < -0.39 is 0 Å². The van der Waals surface area contributed by atoms with Crippen LogP contribution in [0.4, 0.5) is 5.69 Å². The predicted octanol–water partition coefficient (Wildman–Crippen LogP) is 1.33. The van der Waals surface area contributed by atoms with E-state index in [2.05, 4.69) is 28.0 Å². The Balaban J connectivity index is 1.83. The molecule has 0 radical (unpaired) electrons. The number of nitrogens with two attached hydrogens (primary N) is 1. The maximum atomic E-state index is 5.44. The van der Waals surface area contributed by atoms with E-state index in [0.717, 1.165) is 38.5 Å². The van der Waals surface area contributed by atoms with E-state index in [1.807, 2.05) is 18.2 Å². The molecular formula is C15H23N3O. The van der Waals surface area contributed by atoms with Gasteiger partial charge in [0.15, 0.2) is 0 Å². The number of methoxy groups -OCH3 is 1. The zero-order valence-corrected chi connectivity index (χ0v) is 11.6. The smallest absolute Gasteiger partial charge is 0.119 e. The molecule has 1 heterocycles. The van der Waals surface area contributed by atoms with E-state index in [1.54, 1.807) is 7.11 Å². The minimum absolute atomic E-state index is 0.631. The molecule has 1 aromatic carbocycles. The maximum absolute atomic E-state index is 5.44. The average Bonchev–Trinajstić information content (AvgIpc) is 2.48. The fourth-order valence-electron chi connectivity index (χ4n) is 2.30. The van der Waals surface area contributed by atoms with Crippen LogP contribution in [0.1, 0.15) is 0 Å².